The molecule has 5 nitrogen and oxygen atoms in total. The smallest absolute Gasteiger partial charge is 0.433 e. The van der Waals surface area contributed by atoms with Gasteiger partial charge in [0.25, 0.3) is 0 Å². The van der Waals surface area contributed by atoms with E-state index in [-0.39, 0.29) is 0 Å². The van der Waals surface area contributed by atoms with Crippen LogP contribution in [0.5, 0.6) is 5.75 Å². The molecule has 21 heavy (non-hydrogen) atoms. The quantitative estimate of drug-likeness (QED) is 0.866. The lowest BCUT2D eigenvalue weighted by Gasteiger charge is -2.18. The van der Waals surface area contributed by atoms with Crippen molar-refractivity contribution in [2.24, 2.45) is 0 Å². The first-order valence-corrected chi connectivity index (χ1v) is 5.46. The van der Waals surface area contributed by atoms with Crippen molar-refractivity contribution in [3.63, 3.8) is 0 Å². The molecule has 2 N–H and O–H groups in total. The van der Waals surface area contributed by atoms with Crippen LogP contribution in [-0.4, -0.2) is 26.9 Å². The van der Waals surface area contributed by atoms with Gasteiger partial charge in [-0.15, -0.1) is 5.10 Å². The van der Waals surface area contributed by atoms with E-state index in [9.17, 15) is 26.3 Å². The second-order valence-corrected chi connectivity index (χ2v) is 4.09. The van der Waals surface area contributed by atoms with E-state index in [1.165, 1.54) is 0 Å². The molecule has 0 saturated carbocycles. The number of nitrogens with zero attached hydrogens (tertiary/aromatic N) is 3. The number of pyridine rings is 1. The van der Waals surface area contributed by atoms with Crippen molar-refractivity contribution in [1.82, 2.24) is 14.6 Å². The van der Waals surface area contributed by atoms with Crippen LogP contribution < -0.4 is 10.5 Å². The van der Waals surface area contributed by atoms with E-state index in [2.05, 4.69) is 14.8 Å². The topological polar surface area (TPSA) is 65.4 Å². The number of hydrogen-bond acceptors (Lipinski definition) is 4. The van der Waals surface area contributed by atoms with E-state index >= 15 is 0 Å². The summed E-state index contributed by atoms with van der Waals surface area (Å²) in [4.78, 5) is 3.46. The van der Waals surface area contributed by atoms with Crippen molar-refractivity contribution in [3.05, 3.63) is 17.8 Å². The van der Waals surface area contributed by atoms with Crippen LogP contribution in [0.2, 0.25) is 0 Å². The lowest BCUT2D eigenvalue weighted by Crippen LogP contribution is -2.31. The normalized spacial score (nSPS) is 14.4. The molecule has 0 aliphatic heterocycles. The number of fused-ring (bicyclic) bond motifs is 1. The zero-order chi connectivity index (χ0) is 16.0. The van der Waals surface area contributed by atoms with Crippen molar-refractivity contribution < 1.29 is 31.1 Å². The lowest BCUT2D eigenvalue weighted by atomic mass is 10.3. The summed E-state index contributed by atoms with van der Waals surface area (Å²) in [5.41, 5.74) is 3.43. The first-order chi connectivity index (χ1) is 9.50. The van der Waals surface area contributed by atoms with Crippen molar-refractivity contribution >= 4 is 11.6 Å². The van der Waals surface area contributed by atoms with Crippen LogP contribution in [0.4, 0.5) is 32.3 Å². The number of nitrogens with two attached hydrogens (primary N) is 1. The fourth-order valence-electron chi connectivity index (χ4n) is 1.52. The minimum atomic E-state index is -4.77. The Morgan fingerprint density at radius 1 is 1.19 bits per heavy atom. The number of alkyl halides is 6. The van der Waals surface area contributed by atoms with Gasteiger partial charge in [-0.05, 0) is 19.1 Å². The van der Waals surface area contributed by atoms with Gasteiger partial charge < -0.3 is 10.5 Å². The monoisotopic (exact) mass is 314 g/mol. The standard InChI is InChI=1S/C10H8F6N4O/c1-4(9(11,12)13)21-5-2-3-6(10(14,15)16)20-7(5)18-8(17)19-20/h2-4H,1H3,(H2,17,19)/t4-/m1/s1. The van der Waals surface area contributed by atoms with E-state index in [0.29, 0.717) is 17.5 Å². The molecule has 0 aromatic carbocycles. The minimum absolute atomic E-state index is 0.299. The molecule has 0 aliphatic rings. The molecule has 0 fully saturated rings. The fourth-order valence-corrected chi connectivity index (χ4v) is 1.52. The Hall–Kier alpha value is -2.20. The molecule has 2 aromatic rings. The molecule has 2 aromatic heterocycles. The number of aromatic nitrogens is 3. The molecule has 0 spiro atoms. The number of halogens is 6. The van der Waals surface area contributed by atoms with Crippen LogP contribution >= 0.6 is 0 Å². The minimum Gasteiger partial charge on any atom is -0.477 e. The Bertz CT molecular complexity index is 662. The van der Waals surface area contributed by atoms with Crippen molar-refractivity contribution in [2.75, 3.05) is 5.73 Å². The molecule has 0 saturated heterocycles. The van der Waals surface area contributed by atoms with Gasteiger partial charge in [-0.1, -0.05) is 0 Å². The Morgan fingerprint density at radius 2 is 1.81 bits per heavy atom. The van der Waals surface area contributed by atoms with Gasteiger partial charge in [-0.3, -0.25) is 0 Å². The van der Waals surface area contributed by atoms with Gasteiger partial charge in [0, 0.05) is 0 Å². The largest absolute Gasteiger partial charge is 0.477 e. The molecule has 0 aliphatic carbocycles. The molecule has 116 valence electrons. The van der Waals surface area contributed by atoms with Gasteiger partial charge in [0.15, 0.2) is 17.5 Å². The summed E-state index contributed by atoms with van der Waals surface area (Å²) in [6.07, 6.45) is -11.7. The number of anilines is 1. The molecule has 11 heteroatoms. The first-order valence-electron chi connectivity index (χ1n) is 5.46. The van der Waals surface area contributed by atoms with Gasteiger partial charge in [0.2, 0.25) is 5.95 Å². The summed E-state index contributed by atoms with van der Waals surface area (Å²) in [6.45, 7) is 0.716. The van der Waals surface area contributed by atoms with Crippen molar-refractivity contribution in [1.29, 1.82) is 0 Å². The zero-order valence-electron chi connectivity index (χ0n) is 10.3. The Labute approximate surface area is 113 Å². The highest BCUT2D eigenvalue weighted by Gasteiger charge is 2.39. The van der Waals surface area contributed by atoms with Gasteiger partial charge in [-0.2, -0.15) is 31.3 Å². The van der Waals surface area contributed by atoms with Crippen molar-refractivity contribution in [3.8, 4) is 5.75 Å². The summed E-state index contributed by atoms with van der Waals surface area (Å²) in [5.74, 6) is -1.02. The highest BCUT2D eigenvalue weighted by molar-refractivity contribution is 5.56. The van der Waals surface area contributed by atoms with E-state index in [4.69, 9.17) is 5.73 Å². The molecule has 0 amide bonds. The zero-order valence-corrected chi connectivity index (χ0v) is 10.3. The Kier molecular flexibility index (Phi) is 3.38. The molecular weight excluding hydrogens is 306 g/mol. The molecular formula is C10H8F6N4O. The van der Waals surface area contributed by atoms with Crippen LogP contribution in [0.3, 0.4) is 0 Å². The predicted molar refractivity (Wildman–Crippen MR) is 58.5 cm³/mol. The highest BCUT2D eigenvalue weighted by atomic mass is 19.4. The number of hydrogen-bond donors (Lipinski definition) is 1. The van der Waals surface area contributed by atoms with Gasteiger partial charge >= 0.3 is 12.4 Å². The maximum Gasteiger partial charge on any atom is 0.433 e. The maximum atomic E-state index is 12.8. The van der Waals surface area contributed by atoms with E-state index in [0.717, 1.165) is 6.07 Å². The van der Waals surface area contributed by atoms with E-state index in [1.54, 1.807) is 0 Å². The first kappa shape index (κ1) is 15.2. The van der Waals surface area contributed by atoms with Crippen LogP contribution in [0.25, 0.3) is 5.65 Å². The summed E-state index contributed by atoms with van der Waals surface area (Å²) >= 11 is 0. The van der Waals surface area contributed by atoms with Crippen LogP contribution in [0, 0.1) is 0 Å². The summed E-state index contributed by atoms with van der Waals surface area (Å²) in [7, 11) is 0. The third kappa shape index (κ3) is 2.95. The third-order valence-corrected chi connectivity index (χ3v) is 2.52. The van der Waals surface area contributed by atoms with Gasteiger partial charge in [0.1, 0.15) is 5.69 Å². The maximum absolute atomic E-state index is 12.8. The summed E-state index contributed by atoms with van der Waals surface area (Å²) in [5, 5.41) is 3.31. The number of nitrogen functional groups attached to an aromatic ring is 1. The lowest BCUT2D eigenvalue weighted by molar-refractivity contribution is -0.189. The number of rotatable bonds is 2. The number of ether oxygens (including phenoxy) is 1. The van der Waals surface area contributed by atoms with E-state index in [1.807, 2.05) is 0 Å². The second kappa shape index (κ2) is 4.67. The highest BCUT2D eigenvalue weighted by Crippen LogP contribution is 2.33. The van der Waals surface area contributed by atoms with Crippen LogP contribution in [-0.2, 0) is 6.18 Å². The average molecular weight is 314 g/mol. The molecule has 0 radical (unpaired) electrons. The molecule has 0 unspecified atom stereocenters. The summed E-state index contributed by atoms with van der Waals surface area (Å²) < 4.78 is 80.5. The average Bonchev–Trinajstić information content (AvgIpc) is 2.67. The van der Waals surface area contributed by atoms with Gasteiger partial charge in [0.05, 0.1) is 0 Å². The van der Waals surface area contributed by atoms with Crippen LogP contribution in [0.15, 0.2) is 12.1 Å². The van der Waals surface area contributed by atoms with Crippen molar-refractivity contribution in [2.45, 2.75) is 25.4 Å². The SMILES string of the molecule is C[C@@H](Oc1ccc(C(F)(F)F)n2nc(N)nc12)C(F)(F)F. The molecule has 2 heterocycles. The second-order valence-electron chi connectivity index (χ2n) is 4.09. The van der Waals surface area contributed by atoms with Gasteiger partial charge in [-0.25, -0.2) is 4.52 Å². The third-order valence-electron chi connectivity index (χ3n) is 2.52. The Morgan fingerprint density at radius 3 is 2.33 bits per heavy atom. The molecule has 0 bridgehead atoms. The predicted octanol–water partition coefficient (Wildman–Crippen LogP) is 2.66. The fraction of sp³-hybridized carbons (Fsp3) is 0.400. The molecule has 2 rings (SSSR count). The summed E-state index contributed by atoms with van der Waals surface area (Å²) in [6, 6.07) is 1.29. The molecule has 1 atom stereocenters. The van der Waals surface area contributed by atoms with Crippen LogP contribution in [0.1, 0.15) is 12.6 Å². The Balaban J connectivity index is 2.53. The van der Waals surface area contributed by atoms with E-state index < -0.39 is 41.5 Å².